The van der Waals surface area contributed by atoms with Gasteiger partial charge in [-0.15, -0.1) is 11.3 Å². The van der Waals surface area contributed by atoms with Gasteiger partial charge in [0.25, 0.3) is 0 Å². The van der Waals surface area contributed by atoms with Crippen molar-refractivity contribution < 1.29 is 18.3 Å². The molecule has 0 aliphatic carbocycles. The second-order valence-electron chi connectivity index (χ2n) is 13.1. The molecule has 0 saturated carbocycles. The molecule has 242 valence electrons. The lowest BCUT2D eigenvalue weighted by atomic mass is 9.90. The van der Waals surface area contributed by atoms with Gasteiger partial charge in [0.15, 0.2) is 0 Å². The Morgan fingerprint density at radius 2 is 0.824 bits per heavy atom. The Labute approximate surface area is 295 Å². The molecular weight excluding hydrogens is 649 g/mol. The first-order valence-corrected chi connectivity index (χ1v) is 17.8. The summed E-state index contributed by atoms with van der Waals surface area (Å²) in [4.78, 5) is 0. The summed E-state index contributed by atoms with van der Waals surface area (Å²) in [5.74, 6) is 1.67. The second-order valence-corrected chi connectivity index (χ2v) is 14.2. The van der Waals surface area contributed by atoms with Crippen LogP contribution in [0.2, 0.25) is 0 Å². The Bertz CT molecular complexity index is 2980. The maximum atomic E-state index is 6.46. The first-order valence-electron chi connectivity index (χ1n) is 17.0. The molecule has 3 aromatic heterocycles. The first kappa shape index (κ1) is 28.5. The van der Waals surface area contributed by atoms with E-state index in [1.165, 1.54) is 30.9 Å². The van der Waals surface area contributed by atoms with Crippen LogP contribution in [0.1, 0.15) is 0 Å². The van der Waals surface area contributed by atoms with Crippen molar-refractivity contribution >= 4 is 96.9 Å². The Hall–Kier alpha value is -6.30. The van der Waals surface area contributed by atoms with Crippen LogP contribution in [-0.2, 0) is 0 Å². The molecule has 3 heterocycles. The van der Waals surface area contributed by atoms with E-state index in [9.17, 15) is 0 Å². The first-order chi connectivity index (χ1) is 25.1. The fraction of sp³-hybridized carbons (Fsp3) is 0.0435. The topological polar surface area (TPSA) is 44.7 Å². The van der Waals surface area contributed by atoms with E-state index in [0.717, 1.165) is 88.4 Å². The molecule has 0 spiro atoms. The van der Waals surface area contributed by atoms with Gasteiger partial charge < -0.3 is 18.3 Å². The van der Waals surface area contributed by atoms with Crippen LogP contribution < -0.4 is 9.47 Å². The molecule has 51 heavy (non-hydrogen) atoms. The lowest BCUT2D eigenvalue weighted by molar-refractivity contribution is 0.415. The molecule has 0 saturated heterocycles. The summed E-state index contributed by atoms with van der Waals surface area (Å²) in [6.07, 6.45) is 0. The molecule has 0 fully saturated rings. The third kappa shape index (κ3) is 4.13. The van der Waals surface area contributed by atoms with Crippen LogP contribution in [0.3, 0.4) is 0 Å². The van der Waals surface area contributed by atoms with Crippen LogP contribution in [0.5, 0.6) is 11.5 Å². The van der Waals surface area contributed by atoms with Crippen LogP contribution >= 0.6 is 11.3 Å². The van der Waals surface area contributed by atoms with E-state index in [0.29, 0.717) is 0 Å². The van der Waals surface area contributed by atoms with E-state index in [4.69, 9.17) is 18.3 Å². The summed E-state index contributed by atoms with van der Waals surface area (Å²) < 4.78 is 26.4. The smallest absolute Gasteiger partial charge is 0.136 e. The molecule has 11 rings (SSSR count). The minimum atomic E-state index is 0.835. The summed E-state index contributed by atoms with van der Waals surface area (Å²) in [5.41, 5.74) is 8.14. The SMILES string of the molecule is COc1ccc(-c2cc3sc4cc(-c5ccc(OC)cc5)c5cc6oc7ccccc7c6cc5c4c3c3cc4c(cc23)oc2ccccc24)cc1. The van der Waals surface area contributed by atoms with Crippen LogP contribution in [0.4, 0.5) is 0 Å². The van der Waals surface area contributed by atoms with Crippen molar-refractivity contribution in [2.24, 2.45) is 0 Å². The van der Waals surface area contributed by atoms with Gasteiger partial charge in [0.05, 0.1) is 14.2 Å². The minimum Gasteiger partial charge on any atom is -0.497 e. The van der Waals surface area contributed by atoms with Gasteiger partial charge in [0.1, 0.15) is 33.8 Å². The van der Waals surface area contributed by atoms with Gasteiger partial charge in [-0.25, -0.2) is 0 Å². The number of furan rings is 2. The highest BCUT2D eigenvalue weighted by Gasteiger charge is 2.21. The predicted molar refractivity (Wildman–Crippen MR) is 213 cm³/mol. The standard InChI is InChI=1S/C46H28O4S/c1-47-27-15-11-25(12-16-27)31-23-43-45(37-19-35-29-7-3-5-9-39(29)49-41(35)21-33(31)37)46-38-20-36-30-8-4-6-10-40(30)50-42(36)22-34(38)32(24-44(46)51-43)26-13-17-28(48-2)18-14-26/h3-24H,1-2H3. The van der Waals surface area contributed by atoms with Crippen LogP contribution in [0.25, 0.3) is 108 Å². The molecule has 0 atom stereocenters. The summed E-state index contributed by atoms with van der Waals surface area (Å²) in [6, 6.07) is 47.3. The van der Waals surface area contributed by atoms with Crippen molar-refractivity contribution in [1.29, 1.82) is 0 Å². The van der Waals surface area contributed by atoms with E-state index in [2.05, 4.69) is 97.1 Å². The summed E-state index contributed by atoms with van der Waals surface area (Å²) >= 11 is 1.85. The molecule has 4 nitrogen and oxygen atoms in total. The molecular formula is C46H28O4S. The number of para-hydroxylation sites is 2. The molecule has 11 aromatic rings. The molecule has 0 bridgehead atoms. The van der Waals surface area contributed by atoms with Gasteiger partial charge >= 0.3 is 0 Å². The van der Waals surface area contributed by atoms with E-state index in [1.807, 2.05) is 47.7 Å². The molecule has 0 amide bonds. The Morgan fingerprint density at radius 1 is 0.392 bits per heavy atom. The van der Waals surface area contributed by atoms with Gasteiger partial charge in [-0.05, 0) is 117 Å². The zero-order valence-electron chi connectivity index (χ0n) is 27.7. The third-order valence-corrected chi connectivity index (χ3v) is 11.6. The van der Waals surface area contributed by atoms with Gasteiger partial charge in [0, 0.05) is 41.7 Å². The summed E-state index contributed by atoms with van der Waals surface area (Å²) in [5, 5.41) is 11.7. The van der Waals surface area contributed by atoms with Crippen molar-refractivity contribution in [3.05, 3.63) is 133 Å². The highest BCUT2D eigenvalue weighted by molar-refractivity contribution is 7.26. The summed E-state index contributed by atoms with van der Waals surface area (Å²) in [6.45, 7) is 0. The number of ether oxygens (including phenoxy) is 2. The molecule has 0 aliphatic heterocycles. The number of hydrogen-bond acceptors (Lipinski definition) is 5. The summed E-state index contributed by atoms with van der Waals surface area (Å²) in [7, 11) is 3.41. The number of thiophene rings is 1. The van der Waals surface area contributed by atoms with Crippen LogP contribution in [0, 0.1) is 0 Å². The van der Waals surface area contributed by atoms with Gasteiger partial charge in [-0.1, -0.05) is 60.7 Å². The zero-order valence-corrected chi connectivity index (χ0v) is 28.6. The number of hydrogen-bond donors (Lipinski definition) is 0. The average Bonchev–Trinajstić information content (AvgIpc) is 3.86. The van der Waals surface area contributed by atoms with Crippen molar-refractivity contribution in [1.82, 2.24) is 0 Å². The lowest BCUT2D eigenvalue weighted by Gasteiger charge is -2.12. The van der Waals surface area contributed by atoms with Crippen molar-refractivity contribution in [2.45, 2.75) is 0 Å². The molecule has 0 N–H and O–H groups in total. The highest BCUT2D eigenvalue weighted by atomic mass is 32.1. The van der Waals surface area contributed by atoms with Gasteiger partial charge in [-0.2, -0.15) is 0 Å². The Kier molecular flexibility index (Phi) is 5.93. The maximum Gasteiger partial charge on any atom is 0.136 e. The zero-order chi connectivity index (χ0) is 33.8. The van der Waals surface area contributed by atoms with E-state index in [1.54, 1.807) is 14.2 Å². The minimum absolute atomic E-state index is 0.835. The van der Waals surface area contributed by atoms with Crippen LogP contribution in [-0.4, -0.2) is 14.2 Å². The molecule has 0 radical (unpaired) electrons. The van der Waals surface area contributed by atoms with Gasteiger partial charge in [0.2, 0.25) is 0 Å². The van der Waals surface area contributed by atoms with E-state index in [-0.39, 0.29) is 0 Å². The molecule has 0 unspecified atom stereocenters. The number of methoxy groups -OCH3 is 2. The van der Waals surface area contributed by atoms with Crippen molar-refractivity contribution in [2.75, 3.05) is 14.2 Å². The lowest BCUT2D eigenvalue weighted by Crippen LogP contribution is -1.87. The monoisotopic (exact) mass is 676 g/mol. The number of fused-ring (bicyclic) bond motifs is 13. The Morgan fingerprint density at radius 3 is 1.25 bits per heavy atom. The number of rotatable bonds is 4. The maximum absolute atomic E-state index is 6.46. The van der Waals surface area contributed by atoms with Gasteiger partial charge in [-0.3, -0.25) is 0 Å². The fourth-order valence-corrected chi connectivity index (χ4v) is 9.26. The fourth-order valence-electron chi connectivity index (χ4n) is 8.04. The van der Waals surface area contributed by atoms with E-state index >= 15 is 0 Å². The van der Waals surface area contributed by atoms with Crippen LogP contribution in [0.15, 0.2) is 142 Å². The predicted octanol–water partition coefficient (Wildman–Crippen LogP) is 13.5. The van der Waals surface area contributed by atoms with Crippen molar-refractivity contribution in [3.63, 3.8) is 0 Å². The Balaban J connectivity index is 1.33. The second kappa shape index (κ2) is 10.6. The normalized spacial score (nSPS) is 12.1. The van der Waals surface area contributed by atoms with Crippen molar-refractivity contribution in [3.8, 4) is 33.8 Å². The molecule has 5 heteroatoms. The number of benzene rings is 8. The largest absolute Gasteiger partial charge is 0.497 e. The quantitative estimate of drug-likeness (QED) is 0.186. The molecule has 0 aliphatic rings. The highest BCUT2D eigenvalue weighted by Crippen LogP contribution is 2.50. The average molecular weight is 677 g/mol. The molecule has 8 aromatic carbocycles. The third-order valence-electron chi connectivity index (χ3n) is 10.5. The van der Waals surface area contributed by atoms with E-state index < -0.39 is 0 Å².